The first kappa shape index (κ1) is 29.8. The summed E-state index contributed by atoms with van der Waals surface area (Å²) in [6.07, 6.45) is 1.89. The van der Waals surface area contributed by atoms with Gasteiger partial charge in [-0.15, -0.1) is 46.2 Å². The lowest BCUT2D eigenvalue weighted by molar-refractivity contribution is -0.150. The molecular weight excluding hydrogens is 631 g/mol. The minimum Gasteiger partial charge on any atom is -0.479 e. The summed E-state index contributed by atoms with van der Waals surface area (Å²) in [5.41, 5.74) is 7.55. The lowest BCUT2D eigenvalue weighted by atomic mass is 10.0. The van der Waals surface area contributed by atoms with Gasteiger partial charge in [-0.2, -0.15) is 0 Å². The highest BCUT2D eigenvalue weighted by Crippen LogP contribution is 2.42. The number of rotatable bonds is 11. The molecule has 0 radical (unpaired) electrons. The Kier molecular flexibility index (Phi) is 8.99. The number of nitrogens with two attached hydrogens (primary N) is 1. The van der Waals surface area contributed by atoms with Crippen molar-refractivity contribution in [1.82, 2.24) is 25.1 Å². The zero-order chi connectivity index (χ0) is 30.0. The number of fused-ring (bicyclic) bond motifs is 1. The molecule has 2 aromatic rings. The average molecular weight is 654 g/mol. The maximum atomic E-state index is 13.1. The maximum Gasteiger partial charge on any atom is 0.352 e. The molecule has 1 unspecified atom stereocenters. The van der Waals surface area contributed by atoms with Crippen molar-refractivity contribution in [2.45, 2.75) is 28.5 Å². The molecule has 0 aliphatic carbocycles. The number of oxime groups is 1. The molecule has 2 aromatic heterocycles. The van der Waals surface area contributed by atoms with Gasteiger partial charge in [0, 0.05) is 30.0 Å². The Balaban J connectivity index is 1.28. The monoisotopic (exact) mass is 653 g/mol. The number of carbonyl (C=O) groups is 5. The smallest absolute Gasteiger partial charge is 0.352 e. The molecule has 5 heterocycles. The number of nitrogens with one attached hydrogen (secondary N) is 1. The molecule has 2 saturated heterocycles. The number of β-lactam (4-membered cyclic amide) rings is 1. The van der Waals surface area contributed by atoms with Gasteiger partial charge >= 0.3 is 11.9 Å². The molecule has 2 fully saturated rings. The predicted octanol–water partition coefficient (Wildman–Crippen LogP) is 0.754. The van der Waals surface area contributed by atoms with Crippen LogP contribution in [0.15, 0.2) is 31.5 Å². The average Bonchev–Trinajstić information content (AvgIpc) is 3.74. The number of aliphatic carboxylic acids is 2. The van der Waals surface area contributed by atoms with Crippen molar-refractivity contribution in [1.29, 1.82) is 0 Å². The van der Waals surface area contributed by atoms with Crippen molar-refractivity contribution >= 4 is 86.7 Å². The summed E-state index contributed by atoms with van der Waals surface area (Å²) in [5, 5.41) is 25.8. The number of carboxylic acids is 2. The highest BCUT2D eigenvalue weighted by Gasteiger charge is 2.54. The van der Waals surface area contributed by atoms with Crippen LogP contribution in [0.5, 0.6) is 0 Å². The number of thioether (sulfide) groups is 2. The third kappa shape index (κ3) is 6.08. The normalized spacial score (nSPS) is 20.3. The van der Waals surface area contributed by atoms with Crippen LogP contribution in [0.1, 0.15) is 29.0 Å². The van der Waals surface area contributed by atoms with Gasteiger partial charge in [0.2, 0.25) is 6.61 Å². The fourth-order valence-corrected chi connectivity index (χ4v) is 8.39. The van der Waals surface area contributed by atoms with E-state index in [0.29, 0.717) is 28.6 Å². The summed E-state index contributed by atoms with van der Waals surface area (Å²) in [7, 11) is 0. The number of carboxylic acid groups (broad SMARTS) is 2. The van der Waals surface area contributed by atoms with Crippen LogP contribution >= 0.6 is 46.2 Å². The van der Waals surface area contributed by atoms with Crippen molar-refractivity contribution in [2.75, 3.05) is 36.9 Å². The van der Waals surface area contributed by atoms with Gasteiger partial charge in [-0.3, -0.25) is 19.3 Å². The van der Waals surface area contributed by atoms with E-state index in [0.717, 1.165) is 29.1 Å². The predicted molar refractivity (Wildman–Crippen MR) is 154 cm³/mol. The Morgan fingerprint density at radius 2 is 1.98 bits per heavy atom. The van der Waals surface area contributed by atoms with E-state index in [1.54, 1.807) is 10.4 Å². The van der Waals surface area contributed by atoms with Crippen LogP contribution in [0.3, 0.4) is 0 Å². The van der Waals surface area contributed by atoms with Crippen LogP contribution in [0.4, 0.5) is 5.13 Å². The molecule has 3 aliphatic rings. The third-order valence-electron chi connectivity index (χ3n) is 6.37. The fourth-order valence-electron chi connectivity index (χ4n) is 4.46. The van der Waals surface area contributed by atoms with Crippen molar-refractivity contribution in [3.63, 3.8) is 0 Å². The highest BCUT2D eigenvalue weighted by atomic mass is 32.2. The van der Waals surface area contributed by atoms with Crippen molar-refractivity contribution in [3.05, 3.63) is 33.5 Å². The third-order valence-corrected chi connectivity index (χ3v) is 10.6. The van der Waals surface area contributed by atoms with Crippen LogP contribution < -0.4 is 11.1 Å². The number of thiazole rings is 2. The molecule has 42 heavy (non-hydrogen) atoms. The second-order valence-corrected chi connectivity index (χ2v) is 13.2. The summed E-state index contributed by atoms with van der Waals surface area (Å²) in [6, 6.07) is -1.07. The van der Waals surface area contributed by atoms with E-state index in [-0.39, 0.29) is 39.6 Å². The number of nitrogen functional groups attached to an aromatic ring is 1. The molecule has 3 amide bonds. The van der Waals surface area contributed by atoms with Crippen LogP contribution in [0.25, 0.3) is 0 Å². The Hall–Kier alpha value is -3.68. The van der Waals surface area contributed by atoms with Gasteiger partial charge in [-0.05, 0) is 18.4 Å². The van der Waals surface area contributed by atoms with E-state index < -0.39 is 41.8 Å². The van der Waals surface area contributed by atoms with Crippen LogP contribution in [0.2, 0.25) is 0 Å². The summed E-state index contributed by atoms with van der Waals surface area (Å²) < 4.78 is 0.677. The zero-order valence-corrected chi connectivity index (χ0v) is 24.8. The molecule has 5 rings (SSSR count). The zero-order valence-electron chi connectivity index (χ0n) is 21.5. The Morgan fingerprint density at radius 1 is 1.21 bits per heavy atom. The lowest BCUT2D eigenvalue weighted by Gasteiger charge is -2.49. The van der Waals surface area contributed by atoms with E-state index in [1.807, 2.05) is 0 Å². The molecule has 0 aromatic carbocycles. The molecule has 5 N–H and O–H groups in total. The van der Waals surface area contributed by atoms with Gasteiger partial charge < -0.3 is 31.0 Å². The summed E-state index contributed by atoms with van der Waals surface area (Å²) >= 11 is 4.90. The molecule has 2 atom stereocenters. The minimum atomic E-state index is -1.31. The van der Waals surface area contributed by atoms with Crippen molar-refractivity contribution < 1.29 is 39.0 Å². The van der Waals surface area contributed by atoms with E-state index in [2.05, 4.69) is 20.4 Å². The summed E-state index contributed by atoms with van der Waals surface area (Å²) in [4.78, 5) is 77.9. The SMILES string of the molecule is Nc1nc(/C(=N\OCC(=O)O)C(=O)NC2C(=O)N3C(C(=O)O)=C(CSc4scnc4C(=O)N4CCCC4)CS[C@H]23)cs1. The number of hydrogen-bond donors (Lipinski definition) is 4. The van der Waals surface area contributed by atoms with Gasteiger partial charge in [-0.1, -0.05) is 5.16 Å². The molecule has 19 heteroatoms. The van der Waals surface area contributed by atoms with E-state index in [9.17, 15) is 29.1 Å². The van der Waals surface area contributed by atoms with Gasteiger partial charge in [0.1, 0.15) is 22.8 Å². The number of carbonyl (C=O) groups excluding carboxylic acids is 3. The van der Waals surface area contributed by atoms with Crippen molar-refractivity contribution in [3.8, 4) is 0 Å². The highest BCUT2D eigenvalue weighted by molar-refractivity contribution is 8.02. The van der Waals surface area contributed by atoms with Crippen LogP contribution in [0, 0.1) is 0 Å². The molecular formula is C23H23N7O8S4. The maximum absolute atomic E-state index is 13.1. The quantitative estimate of drug-likeness (QED) is 0.114. The second-order valence-electron chi connectivity index (χ2n) is 9.07. The van der Waals surface area contributed by atoms with Gasteiger partial charge in [0.15, 0.2) is 16.5 Å². The Bertz CT molecular complexity index is 1500. The van der Waals surface area contributed by atoms with Gasteiger partial charge in [0.05, 0.1) is 9.72 Å². The lowest BCUT2D eigenvalue weighted by Crippen LogP contribution is -2.71. The molecule has 0 bridgehead atoms. The number of hydrogen-bond acceptors (Lipinski definition) is 14. The van der Waals surface area contributed by atoms with E-state index in [4.69, 9.17) is 15.7 Å². The topological polar surface area (TPSA) is 218 Å². The number of amides is 3. The molecule has 0 spiro atoms. The van der Waals surface area contributed by atoms with Gasteiger partial charge in [0.25, 0.3) is 17.7 Å². The summed E-state index contributed by atoms with van der Waals surface area (Å²) in [5.74, 6) is -3.74. The largest absolute Gasteiger partial charge is 0.479 e. The number of nitrogens with zero attached hydrogens (tertiary/aromatic N) is 5. The first-order valence-corrected chi connectivity index (χ1v) is 16.1. The Morgan fingerprint density at radius 3 is 2.64 bits per heavy atom. The minimum absolute atomic E-state index is 0.0244. The Labute approximate surface area is 254 Å². The van der Waals surface area contributed by atoms with E-state index in [1.165, 1.54) is 40.2 Å². The number of aromatic nitrogens is 2. The van der Waals surface area contributed by atoms with E-state index >= 15 is 0 Å². The standard InChI is InChI=1S/C23H23N7O8S4/c24-23-26-11(8-41-23)13(28-38-5-12(31)32)17(33)27-14-19(35)30-16(21(36)37)10(6-39-20(14)30)7-40-22-15(25-9-42-22)18(34)29-3-1-2-4-29/h8-9,14,20H,1-7H2,(H2,24,26)(H,27,33)(H,31,32)(H,36,37)/b28-13+/t14?,20-/m1/s1. The van der Waals surface area contributed by atoms with Crippen LogP contribution in [-0.4, -0.2) is 108 Å². The summed E-state index contributed by atoms with van der Waals surface area (Å²) in [6.45, 7) is 0.554. The van der Waals surface area contributed by atoms with Gasteiger partial charge in [-0.25, -0.2) is 19.6 Å². The molecule has 222 valence electrons. The molecule has 0 saturated carbocycles. The second kappa shape index (κ2) is 12.7. The molecule has 15 nitrogen and oxygen atoms in total. The van der Waals surface area contributed by atoms with Crippen molar-refractivity contribution in [2.24, 2.45) is 5.16 Å². The first-order chi connectivity index (χ1) is 20.2. The number of anilines is 1. The fraction of sp³-hybridized carbons (Fsp3) is 0.391. The number of likely N-dealkylation sites (tertiary alicyclic amines) is 1. The molecule has 3 aliphatic heterocycles. The first-order valence-electron chi connectivity index (χ1n) is 12.3. The van der Waals surface area contributed by atoms with Crippen LogP contribution in [-0.2, 0) is 24.0 Å².